The van der Waals surface area contributed by atoms with E-state index >= 15 is 0 Å². The Hall–Kier alpha value is -3.13. The third kappa shape index (κ3) is 2.33. The lowest BCUT2D eigenvalue weighted by Gasteiger charge is -1.97. The molecular weight excluding hydrogens is 331 g/mol. The molecule has 24 heavy (non-hydrogen) atoms. The first-order chi connectivity index (χ1) is 11.6. The number of aromatic carboxylic acids is 1. The molecule has 0 amide bonds. The maximum Gasteiger partial charge on any atom is 0.355 e. The molecule has 6 nitrogen and oxygen atoms in total. The predicted octanol–water partition coefficient (Wildman–Crippen LogP) is 3.38. The van der Waals surface area contributed by atoms with Crippen molar-refractivity contribution < 1.29 is 14.3 Å². The predicted molar refractivity (Wildman–Crippen MR) is 86.9 cm³/mol. The molecule has 3 aromatic heterocycles. The van der Waals surface area contributed by atoms with Gasteiger partial charge >= 0.3 is 5.97 Å². The number of nitrogens with zero attached hydrogens (tertiary/aromatic N) is 4. The smallest absolute Gasteiger partial charge is 0.355 e. The van der Waals surface area contributed by atoms with Gasteiger partial charge in [0.25, 0.3) is 0 Å². The summed E-state index contributed by atoms with van der Waals surface area (Å²) in [4.78, 5) is 18.8. The Balaban J connectivity index is 1.93. The van der Waals surface area contributed by atoms with Gasteiger partial charge in [-0.15, -0.1) is 11.3 Å². The highest BCUT2D eigenvalue weighted by molar-refractivity contribution is 7.12. The van der Waals surface area contributed by atoms with Gasteiger partial charge < -0.3 is 5.11 Å². The van der Waals surface area contributed by atoms with Crippen LogP contribution >= 0.6 is 11.3 Å². The standard InChI is InChI=1S/C16H9FN4O2S/c17-13-6-5-9(7-18-13)14-10-3-1-2-4-12(10)21(20-14)16-19-11(8-24-16)15(22)23/h1-8H,(H,22,23). The van der Waals surface area contributed by atoms with Gasteiger partial charge in [-0.25, -0.2) is 19.4 Å². The van der Waals surface area contributed by atoms with Crippen LogP contribution in [0.1, 0.15) is 10.5 Å². The van der Waals surface area contributed by atoms with Gasteiger partial charge in [0.2, 0.25) is 11.1 Å². The van der Waals surface area contributed by atoms with Crippen LogP contribution in [0.3, 0.4) is 0 Å². The Morgan fingerprint density at radius 1 is 1.21 bits per heavy atom. The summed E-state index contributed by atoms with van der Waals surface area (Å²) in [6.07, 6.45) is 1.42. The second kappa shape index (κ2) is 5.50. The van der Waals surface area contributed by atoms with E-state index in [-0.39, 0.29) is 5.69 Å². The number of para-hydroxylation sites is 1. The maximum atomic E-state index is 13.1. The lowest BCUT2D eigenvalue weighted by atomic mass is 10.1. The molecule has 118 valence electrons. The molecular formula is C16H9FN4O2S. The fraction of sp³-hybridized carbons (Fsp3) is 0. The Morgan fingerprint density at radius 2 is 2.04 bits per heavy atom. The summed E-state index contributed by atoms with van der Waals surface area (Å²) in [6.45, 7) is 0. The van der Waals surface area contributed by atoms with Gasteiger partial charge in [0.05, 0.1) is 5.52 Å². The number of carboxylic acid groups (broad SMARTS) is 1. The summed E-state index contributed by atoms with van der Waals surface area (Å²) in [5.41, 5.74) is 2.05. The molecule has 0 aliphatic rings. The van der Waals surface area contributed by atoms with Gasteiger partial charge in [-0.05, 0) is 18.2 Å². The summed E-state index contributed by atoms with van der Waals surface area (Å²) in [5, 5.41) is 16.3. The lowest BCUT2D eigenvalue weighted by Crippen LogP contribution is -2.00. The minimum Gasteiger partial charge on any atom is -0.476 e. The van der Waals surface area contributed by atoms with Crippen molar-refractivity contribution in [2.45, 2.75) is 0 Å². The maximum absolute atomic E-state index is 13.1. The Kier molecular flexibility index (Phi) is 3.31. The zero-order valence-electron chi connectivity index (χ0n) is 12.0. The van der Waals surface area contributed by atoms with Gasteiger partial charge in [0.1, 0.15) is 5.69 Å². The van der Waals surface area contributed by atoms with Crippen LogP contribution in [0.15, 0.2) is 48.0 Å². The summed E-state index contributed by atoms with van der Waals surface area (Å²) in [6, 6.07) is 10.4. The van der Waals surface area contributed by atoms with Gasteiger partial charge in [0, 0.05) is 22.5 Å². The van der Waals surface area contributed by atoms with E-state index in [4.69, 9.17) is 5.11 Å². The molecule has 0 bridgehead atoms. The van der Waals surface area contributed by atoms with Crippen LogP contribution in [0, 0.1) is 5.95 Å². The van der Waals surface area contributed by atoms with Crippen molar-refractivity contribution in [1.29, 1.82) is 0 Å². The summed E-state index contributed by atoms with van der Waals surface area (Å²) in [5.74, 6) is -1.65. The number of aromatic nitrogens is 4. The van der Waals surface area contributed by atoms with Crippen LogP contribution in [0.5, 0.6) is 0 Å². The summed E-state index contributed by atoms with van der Waals surface area (Å²) >= 11 is 1.19. The highest BCUT2D eigenvalue weighted by Crippen LogP contribution is 2.30. The topological polar surface area (TPSA) is 80.9 Å². The molecule has 8 heteroatoms. The number of benzene rings is 1. The number of hydrogen-bond donors (Lipinski definition) is 1. The Morgan fingerprint density at radius 3 is 2.75 bits per heavy atom. The van der Waals surface area contributed by atoms with Crippen LogP contribution in [0.4, 0.5) is 4.39 Å². The average molecular weight is 340 g/mol. The molecule has 0 saturated carbocycles. The van der Waals surface area contributed by atoms with E-state index in [1.807, 2.05) is 24.3 Å². The molecule has 0 unspecified atom stereocenters. The van der Waals surface area contributed by atoms with Crippen LogP contribution in [-0.4, -0.2) is 30.8 Å². The molecule has 1 N–H and O–H groups in total. The SMILES string of the molecule is O=C(O)c1csc(-n2nc(-c3ccc(F)nc3)c3ccccc32)n1. The highest BCUT2D eigenvalue weighted by atomic mass is 32.1. The Bertz CT molecular complexity index is 1060. The molecule has 0 fully saturated rings. The Labute approximate surface area is 138 Å². The largest absolute Gasteiger partial charge is 0.476 e. The number of thiazole rings is 1. The van der Waals surface area contributed by atoms with E-state index in [2.05, 4.69) is 15.1 Å². The average Bonchev–Trinajstić information content (AvgIpc) is 3.20. The third-order valence-corrected chi connectivity index (χ3v) is 4.30. The van der Waals surface area contributed by atoms with Crippen LogP contribution in [-0.2, 0) is 0 Å². The lowest BCUT2D eigenvalue weighted by molar-refractivity contribution is 0.0691. The monoisotopic (exact) mass is 340 g/mol. The number of fused-ring (bicyclic) bond motifs is 1. The number of halogens is 1. The number of carboxylic acids is 1. The molecule has 1 aromatic carbocycles. The second-order valence-electron chi connectivity index (χ2n) is 4.97. The van der Waals surface area contributed by atoms with Crippen molar-refractivity contribution in [3.05, 3.63) is 59.6 Å². The molecule has 4 rings (SSSR count). The van der Waals surface area contributed by atoms with Gasteiger partial charge in [-0.1, -0.05) is 18.2 Å². The molecule has 0 aliphatic carbocycles. The van der Waals surface area contributed by atoms with Gasteiger partial charge in [-0.2, -0.15) is 9.49 Å². The quantitative estimate of drug-likeness (QED) is 0.578. The van der Waals surface area contributed by atoms with E-state index < -0.39 is 11.9 Å². The van der Waals surface area contributed by atoms with Crippen molar-refractivity contribution >= 4 is 28.2 Å². The third-order valence-electron chi connectivity index (χ3n) is 3.48. The van der Waals surface area contributed by atoms with Gasteiger partial charge in [0.15, 0.2) is 5.69 Å². The molecule has 0 spiro atoms. The van der Waals surface area contributed by atoms with Crippen molar-refractivity contribution in [1.82, 2.24) is 19.7 Å². The minimum absolute atomic E-state index is 0.0282. The van der Waals surface area contributed by atoms with Crippen LogP contribution < -0.4 is 0 Å². The molecule has 3 heterocycles. The normalized spacial score (nSPS) is 11.0. The second-order valence-corrected chi connectivity index (χ2v) is 5.80. The molecule has 4 aromatic rings. The zero-order chi connectivity index (χ0) is 16.7. The van der Waals surface area contributed by atoms with Crippen molar-refractivity contribution in [3.8, 4) is 16.4 Å². The number of rotatable bonds is 3. The van der Waals surface area contributed by atoms with E-state index in [1.54, 1.807) is 10.7 Å². The van der Waals surface area contributed by atoms with E-state index in [0.717, 1.165) is 10.9 Å². The van der Waals surface area contributed by atoms with Crippen LogP contribution in [0.25, 0.3) is 27.3 Å². The molecule has 0 atom stereocenters. The summed E-state index contributed by atoms with van der Waals surface area (Å²) < 4.78 is 14.7. The van der Waals surface area contributed by atoms with E-state index in [9.17, 15) is 9.18 Å². The zero-order valence-corrected chi connectivity index (χ0v) is 12.9. The first kappa shape index (κ1) is 14.5. The van der Waals surface area contributed by atoms with E-state index in [1.165, 1.54) is 29.0 Å². The molecule has 0 saturated heterocycles. The van der Waals surface area contributed by atoms with Gasteiger partial charge in [-0.3, -0.25) is 0 Å². The highest BCUT2D eigenvalue weighted by Gasteiger charge is 2.17. The number of pyridine rings is 1. The molecule has 0 radical (unpaired) electrons. The first-order valence-corrected chi connectivity index (χ1v) is 7.80. The summed E-state index contributed by atoms with van der Waals surface area (Å²) in [7, 11) is 0. The van der Waals surface area contributed by atoms with Crippen molar-refractivity contribution in [3.63, 3.8) is 0 Å². The van der Waals surface area contributed by atoms with Crippen molar-refractivity contribution in [2.24, 2.45) is 0 Å². The molecule has 0 aliphatic heterocycles. The fourth-order valence-electron chi connectivity index (χ4n) is 2.40. The minimum atomic E-state index is -1.09. The number of carbonyl (C=O) groups is 1. The van der Waals surface area contributed by atoms with E-state index in [0.29, 0.717) is 16.4 Å². The number of hydrogen-bond acceptors (Lipinski definition) is 5. The van der Waals surface area contributed by atoms with Crippen molar-refractivity contribution in [2.75, 3.05) is 0 Å². The van der Waals surface area contributed by atoms with Crippen LogP contribution in [0.2, 0.25) is 0 Å². The fourth-order valence-corrected chi connectivity index (χ4v) is 3.16. The first-order valence-electron chi connectivity index (χ1n) is 6.92.